The van der Waals surface area contributed by atoms with E-state index in [2.05, 4.69) is 0 Å². The van der Waals surface area contributed by atoms with E-state index in [1.165, 1.54) is 13.2 Å². The highest BCUT2D eigenvalue weighted by Crippen LogP contribution is 2.30. The van der Waals surface area contributed by atoms with Crippen molar-refractivity contribution in [1.29, 1.82) is 0 Å². The first-order valence-corrected chi connectivity index (χ1v) is 8.96. The van der Waals surface area contributed by atoms with Gasteiger partial charge in [-0.15, -0.1) is 0 Å². The number of hydrogen-bond acceptors (Lipinski definition) is 4. The third-order valence-corrected chi connectivity index (χ3v) is 4.27. The second-order valence-electron chi connectivity index (χ2n) is 6.45. The van der Waals surface area contributed by atoms with E-state index in [0.717, 1.165) is 11.1 Å². The van der Waals surface area contributed by atoms with Crippen molar-refractivity contribution < 1.29 is 32.2 Å². The van der Waals surface area contributed by atoms with E-state index in [-0.39, 0.29) is 23.8 Å². The molecule has 0 radical (unpaired) electrons. The van der Waals surface area contributed by atoms with Crippen LogP contribution in [0.2, 0.25) is 0 Å². The summed E-state index contributed by atoms with van der Waals surface area (Å²) in [5.74, 6) is 0.855. The van der Waals surface area contributed by atoms with Crippen LogP contribution in [0.1, 0.15) is 17.5 Å². The minimum atomic E-state index is -4.43. The Morgan fingerprint density at radius 3 is 2.34 bits per heavy atom. The van der Waals surface area contributed by atoms with Crippen molar-refractivity contribution in [3.8, 4) is 17.2 Å². The van der Waals surface area contributed by atoms with Gasteiger partial charge in [-0.1, -0.05) is 24.3 Å². The van der Waals surface area contributed by atoms with E-state index >= 15 is 0 Å². The molecule has 1 amide bonds. The molecular weight excluding hydrogens is 387 g/mol. The normalized spacial score (nSPS) is 11.1. The number of nitrogens with zero attached hydrogens (tertiary/aromatic N) is 1. The van der Waals surface area contributed by atoms with E-state index < -0.39 is 12.8 Å². The number of para-hydroxylation sites is 1. The maximum atomic E-state index is 12.5. The van der Waals surface area contributed by atoms with Gasteiger partial charge in [0, 0.05) is 25.6 Å². The number of benzene rings is 2. The average Bonchev–Trinajstić information content (AvgIpc) is 2.70. The van der Waals surface area contributed by atoms with Crippen LogP contribution in [-0.4, -0.2) is 44.9 Å². The topological polar surface area (TPSA) is 48.0 Å². The number of carbonyl (C=O) groups is 1. The van der Waals surface area contributed by atoms with Crippen molar-refractivity contribution in [2.75, 3.05) is 27.9 Å². The summed E-state index contributed by atoms with van der Waals surface area (Å²) in [6.45, 7) is -0.981. The van der Waals surface area contributed by atoms with Gasteiger partial charge < -0.3 is 19.1 Å². The zero-order valence-electron chi connectivity index (χ0n) is 16.6. The zero-order chi connectivity index (χ0) is 21.4. The molecule has 0 spiro atoms. The minimum absolute atomic E-state index is 0.00759. The van der Waals surface area contributed by atoms with Crippen molar-refractivity contribution >= 4 is 5.91 Å². The SMILES string of the molecule is COc1ccccc1CN(C)C(=O)CCc1ccc(OCC(F)(F)F)c(OC)c1. The number of amides is 1. The van der Waals surface area contributed by atoms with Crippen molar-refractivity contribution in [1.82, 2.24) is 4.90 Å². The molecule has 29 heavy (non-hydrogen) atoms. The lowest BCUT2D eigenvalue weighted by molar-refractivity contribution is -0.153. The summed E-state index contributed by atoms with van der Waals surface area (Å²) < 4.78 is 52.2. The minimum Gasteiger partial charge on any atom is -0.496 e. The monoisotopic (exact) mass is 411 g/mol. The first-order valence-electron chi connectivity index (χ1n) is 8.96. The molecule has 0 unspecified atom stereocenters. The Kier molecular flexibility index (Phi) is 7.75. The summed E-state index contributed by atoms with van der Waals surface area (Å²) in [6.07, 6.45) is -3.76. The molecule has 0 aliphatic rings. The fraction of sp³-hybridized carbons (Fsp3) is 0.381. The lowest BCUT2D eigenvalue weighted by Gasteiger charge is -2.19. The van der Waals surface area contributed by atoms with E-state index in [1.807, 2.05) is 24.3 Å². The maximum absolute atomic E-state index is 12.5. The van der Waals surface area contributed by atoms with Gasteiger partial charge in [-0.3, -0.25) is 4.79 Å². The lowest BCUT2D eigenvalue weighted by atomic mass is 10.1. The summed E-state index contributed by atoms with van der Waals surface area (Å²) in [4.78, 5) is 14.1. The van der Waals surface area contributed by atoms with Crippen LogP contribution in [0.25, 0.3) is 0 Å². The van der Waals surface area contributed by atoms with Gasteiger partial charge in [0.2, 0.25) is 5.91 Å². The molecule has 0 atom stereocenters. The van der Waals surface area contributed by atoms with Gasteiger partial charge in [-0.25, -0.2) is 0 Å². The predicted octanol–water partition coefficient (Wildman–Crippen LogP) is 4.24. The van der Waals surface area contributed by atoms with Gasteiger partial charge in [-0.05, 0) is 30.2 Å². The lowest BCUT2D eigenvalue weighted by Crippen LogP contribution is -2.26. The molecule has 0 N–H and O–H groups in total. The second kappa shape index (κ2) is 10.0. The van der Waals surface area contributed by atoms with Gasteiger partial charge in [0.15, 0.2) is 18.1 Å². The summed E-state index contributed by atoms with van der Waals surface area (Å²) >= 11 is 0. The molecule has 5 nitrogen and oxygen atoms in total. The van der Waals surface area contributed by atoms with Gasteiger partial charge in [-0.2, -0.15) is 13.2 Å². The van der Waals surface area contributed by atoms with Gasteiger partial charge in [0.1, 0.15) is 5.75 Å². The second-order valence-corrected chi connectivity index (χ2v) is 6.45. The molecule has 2 aromatic rings. The highest BCUT2D eigenvalue weighted by molar-refractivity contribution is 5.76. The van der Waals surface area contributed by atoms with E-state index in [9.17, 15) is 18.0 Å². The van der Waals surface area contributed by atoms with Crippen molar-refractivity contribution in [3.63, 3.8) is 0 Å². The molecule has 0 bridgehead atoms. The molecule has 0 aliphatic carbocycles. The number of rotatable bonds is 9. The number of ether oxygens (including phenoxy) is 3. The maximum Gasteiger partial charge on any atom is 0.422 e. The Balaban J connectivity index is 1.95. The Bertz CT molecular complexity index is 824. The zero-order valence-corrected chi connectivity index (χ0v) is 16.6. The fourth-order valence-corrected chi connectivity index (χ4v) is 2.77. The summed E-state index contributed by atoms with van der Waals surface area (Å²) in [6, 6.07) is 12.1. The average molecular weight is 411 g/mol. The van der Waals surface area contributed by atoms with Crippen LogP contribution in [-0.2, 0) is 17.8 Å². The van der Waals surface area contributed by atoms with E-state index in [4.69, 9.17) is 14.2 Å². The Morgan fingerprint density at radius 2 is 1.69 bits per heavy atom. The molecule has 0 fully saturated rings. The van der Waals surface area contributed by atoms with E-state index in [0.29, 0.717) is 18.7 Å². The number of alkyl halides is 3. The number of carbonyl (C=O) groups excluding carboxylic acids is 1. The van der Waals surface area contributed by atoms with Gasteiger partial charge in [0.05, 0.1) is 14.2 Å². The number of hydrogen-bond donors (Lipinski definition) is 0. The molecule has 0 saturated heterocycles. The van der Waals surface area contributed by atoms with Crippen LogP contribution in [0, 0.1) is 0 Å². The summed E-state index contributed by atoms with van der Waals surface area (Å²) in [5, 5.41) is 0. The van der Waals surface area contributed by atoms with Crippen LogP contribution >= 0.6 is 0 Å². The first-order chi connectivity index (χ1) is 13.7. The molecule has 0 saturated carbocycles. The Morgan fingerprint density at radius 1 is 1.00 bits per heavy atom. The van der Waals surface area contributed by atoms with Crippen molar-refractivity contribution in [3.05, 3.63) is 53.6 Å². The van der Waals surface area contributed by atoms with Crippen molar-refractivity contribution in [2.24, 2.45) is 0 Å². The van der Waals surface area contributed by atoms with Crippen LogP contribution in [0.4, 0.5) is 13.2 Å². The smallest absolute Gasteiger partial charge is 0.422 e. The molecule has 2 aromatic carbocycles. The van der Waals surface area contributed by atoms with Crippen LogP contribution in [0.3, 0.4) is 0 Å². The van der Waals surface area contributed by atoms with Crippen molar-refractivity contribution in [2.45, 2.75) is 25.6 Å². The predicted molar refractivity (Wildman–Crippen MR) is 102 cm³/mol. The fourth-order valence-electron chi connectivity index (χ4n) is 2.77. The third kappa shape index (κ3) is 6.89. The van der Waals surface area contributed by atoms with Crippen LogP contribution in [0.5, 0.6) is 17.2 Å². The molecule has 8 heteroatoms. The number of methoxy groups -OCH3 is 2. The number of aryl methyl sites for hydroxylation is 1. The quantitative estimate of drug-likeness (QED) is 0.620. The highest BCUT2D eigenvalue weighted by Gasteiger charge is 2.29. The molecule has 2 rings (SSSR count). The van der Waals surface area contributed by atoms with Crippen LogP contribution in [0.15, 0.2) is 42.5 Å². The molecule has 0 aromatic heterocycles. The molecule has 0 heterocycles. The molecular formula is C21H24F3NO4. The van der Waals surface area contributed by atoms with Crippen LogP contribution < -0.4 is 14.2 Å². The first kappa shape index (κ1) is 22.4. The Hall–Kier alpha value is -2.90. The van der Waals surface area contributed by atoms with Gasteiger partial charge >= 0.3 is 6.18 Å². The van der Waals surface area contributed by atoms with E-state index in [1.54, 1.807) is 31.2 Å². The summed E-state index contributed by atoms with van der Waals surface area (Å²) in [7, 11) is 4.64. The number of halogens is 3. The third-order valence-electron chi connectivity index (χ3n) is 4.27. The molecule has 158 valence electrons. The Labute approximate surface area is 168 Å². The standard InChI is InChI=1S/C21H24F3NO4/c1-25(13-16-6-4-5-7-17(16)27-2)20(26)11-9-15-8-10-18(19(12-15)28-3)29-14-21(22,23)24/h4-8,10,12H,9,11,13-14H2,1-3H3. The largest absolute Gasteiger partial charge is 0.496 e. The van der Waals surface area contributed by atoms with Gasteiger partial charge in [0.25, 0.3) is 0 Å². The summed E-state index contributed by atoms with van der Waals surface area (Å²) in [5.41, 5.74) is 1.67. The highest BCUT2D eigenvalue weighted by atomic mass is 19.4. The molecule has 0 aliphatic heterocycles.